The third-order valence-electron chi connectivity index (χ3n) is 2.26. The SMILES string of the molecule is CC[C@@H](C)/C(=N/O)c1ccccc1. The van der Waals surface area contributed by atoms with Gasteiger partial charge in [0.25, 0.3) is 0 Å². The lowest BCUT2D eigenvalue weighted by Gasteiger charge is -2.10. The first kappa shape index (κ1) is 9.78. The molecular formula is C11H15NO. The van der Waals surface area contributed by atoms with Gasteiger partial charge in [-0.3, -0.25) is 0 Å². The summed E-state index contributed by atoms with van der Waals surface area (Å²) in [6.45, 7) is 4.14. The van der Waals surface area contributed by atoms with Gasteiger partial charge in [0.15, 0.2) is 0 Å². The zero-order chi connectivity index (χ0) is 9.68. The fourth-order valence-electron chi connectivity index (χ4n) is 1.24. The first-order chi connectivity index (χ1) is 6.29. The summed E-state index contributed by atoms with van der Waals surface area (Å²) in [5.41, 5.74) is 1.77. The summed E-state index contributed by atoms with van der Waals surface area (Å²) in [6.07, 6.45) is 0.980. The van der Waals surface area contributed by atoms with Crippen LogP contribution in [0.4, 0.5) is 0 Å². The molecule has 0 saturated carbocycles. The summed E-state index contributed by atoms with van der Waals surface area (Å²) in [5.74, 6) is 0.299. The Morgan fingerprint density at radius 1 is 1.38 bits per heavy atom. The lowest BCUT2D eigenvalue weighted by Crippen LogP contribution is -2.11. The van der Waals surface area contributed by atoms with E-state index in [9.17, 15) is 0 Å². The summed E-state index contributed by atoms with van der Waals surface area (Å²) in [4.78, 5) is 0. The van der Waals surface area contributed by atoms with Gasteiger partial charge in [0, 0.05) is 5.92 Å². The quantitative estimate of drug-likeness (QED) is 0.430. The topological polar surface area (TPSA) is 32.6 Å². The van der Waals surface area contributed by atoms with Gasteiger partial charge in [0.2, 0.25) is 0 Å². The Labute approximate surface area is 78.9 Å². The van der Waals surface area contributed by atoms with Crippen LogP contribution in [0.3, 0.4) is 0 Å². The van der Waals surface area contributed by atoms with Crippen molar-refractivity contribution in [3.63, 3.8) is 0 Å². The molecule has 0 aliphatic carbocycles. The van der Waals surface area contributed by atoms with Crippen molar-refractivity contribution < 1.29 is 5.21 Å². The minimum Gasteiger partial charge on any atom is -0.411 e. The monoisotopic (exact) mass is 177 g/mol. The summed E-state index contributed by atoms with van der Waals surface area (Å²) < 4.78 is 0. The van der Waals surface area contributed by atoms with Crippen molar-refractivity contribution in [3.8, 4) is 0 Å². The minimum atomic E-state index is 0.299. The van der Waals surface area contributed by atoms with Crippen molar-refractivity contribution in [1.82, 2.24) is 0 Å². The third kappa shape index (κ3) is 2.31. The van der Waals surface area contributed by atoms with Gasteiger partial charge < -0.3 is 5.21 Å². The Balaban J connectivity index is 2.93. The highest BCUT2D eigenvalue weighted by atomic mass is 16.4. The summed E-state index contributed by atoms with van der Waals surface area (Å²) in [5, 5.41) is 12.2. The zero-order valence-corrected chi connectivity index (χ0v) is 8.07. The second-order valence-electron chi connectivity index (χ2n) is 3.16. The van der Waals surface area contributed by atoms with Crippen LogP contribution in [0.1, 0.15) is 25.8 Å². The van der Waals surface area contributed by atoms with E-state index >= 15 is 0 Å². The van der Waals surface area contributed by atoms with Crippen LogP contribution in [0.15, 0.2) is 35.5 Å². The Morgan fingerprint density at radius 2 is 2.00 bits per heavy atom. The molecule has 1 rings (SSSR count). The number of rotatable bonds is 3. The van der Waals surface area contributed by atoms with Crippen molar-refractivity contribution >= 4 is 5.71 Å². The summed E-state index contributed by atoms with van der Waals surface area (Å²) >= 11 is 0. The van der Waals surface area contributed by atoms with Crippen LogP contribution in [-0.2, 0) is 0 Å². The van der Waals surface area contributed by atoms with Crippen LogP contribution in [0.2, 0.25) is 0 Å². The molecule has 1 N–H and O–H groups in total. The Hall–Kier alpha value is -1.31. The van der Waals surface area contributed by atoms with E-state index < -0.39 is 0 Å². The van der Waals surface area contributed by atoms with E-state index in [4.69, 9.17) is 5.21 Å². The van der Waals surface area contributed by atoms with Crippen molar-refractivity contribution in [2.45, 2.75) is 20.3 Å². The van der Waals surface area contributed by atoms with Crippen LogP contribution >= 0.6 is 0 Å². The number of hydrogen-bond acceptors (Lipinski definition) is 2. The normalized spacial score (nSPS) is 14.2. The standard InChI is InChI=1S/C11H15NO/c1-3-9(2)11(12-13)10-7-5-4-6-8-10/h4-9,13H,3H2,1-2H3/b12-11-/t9-/m1/s1. The molecule has 13 heavy (non-hydrogen) atoms. The molecule has 0 bridgehead atoms. The third-order valence-corrected chi connectivity index (χ3v) is 2.26. The molecule has 2 heteroatoms. The number of benzene rings is 1. The Bertz CT molecular complexity index is 279. The van der Waals surface area contributed by atoms with Gasteiger partial charge in [-0.25, -0.2) is 0 Å². The Morgan fingerprint density at radius 3 is 2.46 bits per heavy atom. The van der Waals surface area contributed by atoms with E-state index in [0.29, 0.717) is 5.92 Å². The van der Waals surface area contributed by atoms with Crippen molar-refractivity contribution in [3.05, 3.63) is 35.9 Å². The van der Waals surface area contributed by atoms with E-state index in [1.54, 1.807) is 0 Å². The smallest absolute Gasteiger partial charge is 0.0895 e. The fraction of sp³-hybridized carbons (Fsp3) is 0.364. The fourth-order valence-corrected chi connectivity index (χ4v) is 1.24. The highest BCUT2D eigenvalue weighted by Gasteiger charge is 2.10. The predicted octanol–water partition coefficient (Wildman–Crippen LogP) is 2.91. The molecule has 0 aliphatic rings. The molecule has 0 saturated heterocycles. The first-order valence-electron chi connectivity index (χ1n) is 4.57. The summed E-state index contributed by atoms with van der Waals surface area (Å²) in [6, 6.07) is 9.77. The van der Waals surface area contributed by atoms with Crippen LogP contribution in [-0.4, -0.2) is 10.9 Å². The molecule has 0 unspecified atom stereocenters. The summed E-state index contributed by atoms with van der Waals surface area (Å²) in [7, 11) is 0. The molecule has 0 aliphatic heterocycles. The van der Waals surface area contributed by atoms with Gasteiger partial charge >= 0.3 is 0 Å². The lowest BCUT2D eigenvalue weighted by molar-refractivity contribution is 0.315. The minimum absolute atomic E-state index is 0.299. The molecule has 0 amide bonds. The van der Waals surface area contributed by atoms with Gasteiger partial charge in [-0.15, -0.1) is 0 Å². The van der Waals surface area contributed by atoms with E-state index in [1.165, 1.54) is 0 Å². The van der Waals surface area contributed by atoms with Crippen molar-refractivity contribution in [2.75, 3.05) is 0 Å². The van der Waals surface area contributed by atoms with Gasteiger partial charge in [-0.05, 0) is 12.0 Å². The number of nitrogens with zero attached hydrogens (tertiary/aromatic N) is 1. The van der Waals surface area contributed by atoms with E-state index in [2.05, 4.69) is 19.0 Å². The molecule has 0 spiro atoms. The second-order valence-corrected chi connectivity index (χ2v) is 3.16. The molecule has 2 nitrogen and oxygen atoms in total. The highest BCUT2D eigenvalue weighted by Crippen LogP contribution is 2.12. The molecule has 0 fully saturated rings. The maximum atomic E-state index is 8.87. The van der Waals surface area contributed by atoms with Crippen LogP contribution < -0.4 is 0 Å². The van der Waals surface area contributed by atoms with Gasteiger partial charge in [-0.2, -0.15) is 0 Å². The van der Waals surface area contributed by atoms with Crippen molar-refractivity contribution in [2.24, 2.45) is 11.1 Å². The van der Waals surface area contributed by atoms with Crippen LogP contribution in [0.25, 0.3) is 0 Å². The lowest BCUT2D eigenvalue weighted by atomic mass is 9.96. The predicted molar refractivity (Wildman–Crippen MR) is 54.2 cm³/mol. The molecule has 1 aromatic rings. The van der Waals surface area contributed by atoms with Gasteiger partial charge in [-0.1, -0.05) is 49.3 Å². The molecular weight excluding hydrogens is 162 g/mol. The zero-order valence-electron chi connectivity index (χ0n) is 8.07. The van der Waals surface area contributed by atoms with Gasteiger partial charge in [0.1, 0.15) is 0 Å². The molecule has 0 aromatic heterocycles. The van der Waals surface area contributed by atoms with E-state index in [0.717, 1.165) is 17.7 Å². The van der Waals surface area contributed by atoms with Crippen LogP contribution in [0.5, 0.6) is 0 Å². The van der Waals surface area contributed by atoms with Crippen LogP contribution in [0, 0.1) is 5.92 Å². The van der Waals surface area contributed by atoms with Crippen molar-refractivity contribution in [1.29, 1.82) is 0 Å². The average molecular weight is 177 g/mol. The molecule has 0 radical (unpaired) electrons. The van der Waals surface area contributed by atoms with Gasteiger partial charge in [0.05, 0.1) is 5.71 Å². The molecule has 70 valence electrons. The number of hydrogen-bond donors (Lipinski definition) is 1. The molecule has 0 heterocycles. The van der Waals surface area contributed by atoms with E-state index in [-0.39, 0.29) is 0 Å². The largest absolute Gasteiger partial charge is 0.411 e. The molecule has 1 atom stereocenters. The second kappa shape index (κ2) is 4.65. The first-order valence-corrected chi connectivity index (χ1v) is 4.57. The number of oxime groups is 1. The maximum absolute atomic E-state index is 8.87. The van der Waals surface area contributed by atoms with E-state index in [1.807, 2.05) is 30.3 Å². The Kier molecular flexibility index (Phi) is 3.50. The molecule has 1 aromatic carbocycles. The average Bonchev–Trinajstić information content (AvgIpc) is 2.20. The highest BCUT2D eigenvalue weighted by molar-refractivity contribution is 6.01. The maximum Gasteiger partial charge on any atom is 0.0895 e.